The molecule has 0 atom stereocenters. The fraction of sp³-hybridized carbons (Fsp3) is 0. The summed E-state index contributed by atoms with van der Waals surface area (Å²) in [5.41, 5.74) is -0.586. The number of rotatable bonds is 2. The Morgan fingerprint density at radius 2 is 2.18 bits per heavy atom. The second-order valence-corrected chi connectivity index (χ2v) is 7.56. The SMILES string of the molecule is O=C(Nc1ccccn1)C1=C([O-])c2sc(Cl)cc2S(=O)(=O)N1. The van der Waals surface area contributed by atoms with E-state index in [1.807, 2.05) is 4.72 Å². The summed E-state index contributed by atoms with van der Waals surface area (Å²) >= 11 is 6.56. The Morgan fingerprint density at radius 1 is 1.41 bits per heavy atom. The summed E-state index contributed by atoms with van der Waals surface area (Å²) in [5, 5.41) is 14.6. The zero-order chi connectivity index (χ0) is 15.9. The Kier molecular flexibility index (Phi) is 3.55. The van der Waals surface area contributed by atoms with Crippen LogP contribution in [0.2, 0.25) is 4.34 Å². The molecule has 0 radical (unpaired) electrons. The normalized spacial score (nSPS) is 15.9. The minimum Gasteiger partial charge on any atom is -0.870 e. The van der Waals surface area contributed by atoms with Crippen LogP contribution in [0.1, 0.15) is 4.88 Å². The van der Waals surface area contributed by atoms with Gasteiger partial charge in [0.2, 0.25) is 0 Å². The molecule has 3 heterocycles. The second kappa shape index (κ2) is 5.27. The fourth-order valence-electron chi connectivity index (χ4n) is 1.82. The molecule has 7 nitrogen and oxygen atoms in total. The van der Waals surface area contributed by atoms with Crippen molar-refractivity contribution in [3.8, 4) is 0 Å². The maximum absolute atomic E-state index is 12.3. The summed E-state index contributed by atoms with van der Waals surface area (Å²) in [6.45, 7) is 0. The van der Waals surface area contributed by atoms with Crippen LogP contribution >= 0.6 is 22.9 Å². The number of anilines is 1. The van der Waals surface area contributed by atoms with Gasteiger partial charge in [0, 0.05) is 11.1 Å². The lowest BCUT2D eigenvalue weighted by molar-refractivity contribution is -0.245. The molecule has 0 saturated heterocycles. The van der Waals surface area contributed by atoms with Crippen LogP contribution < -0.4 is 15.1 Å². The number of pyridine rings is 1. The monoisotopic (exact) mass is 356 g/mol. The first-order chi connectivity index (χ1) is 10.4. The quantitative estimate of drug-likeness (QED) is 0.825. The van der Waals surface area contributed by atoms with Crippen molar-refractivity contribution in [3.63, 3.8) is 0 Å². The molecule has 0 aromatic carbocycles. The number of aromatic nitrogens is 1. The largest absolute Gasteiger partial charge is 0.870 e. The first-order valence-corrected chi connectivity index (χ1v) is 8.52. The van der Waals surface area contributed by atoms with Gasteiger partial charge in [0.25, 0.3) is 15.9 Å². The van der Waals surface area contributed by atoms with Crippen LogP contribution in [0.4, 0.5) is 5.82 Å². The highest BCUT2D eigenvalue weighted by atomic mass is 35.5. The van der Waals surface area contributed by atoms with Crippen LogP contribution in [0.25, 0.3) is 5.76 Å². The van der Waals surface area contributed by atoms with Gasteiger partial charge in [-0.2, -0.15) is 0 Å². The number of nitrogens with one attached hydrogen (secondary N) is 2. The van der Waals surface area contributed by atoms with Crippen LogP contribution in [0.5, 0.6) is 0 Å². The zero-order valence-electron chi connectivity index (χ0n) is 10.7. The van der Waals surface area contributed by atoms with E-state index < -0.39 is 27.4 Å². The van der Waals surface area contributed by atoms with E-state index in [0.717, 1.165) is 11.3 Å². The molecule has 1 amide bonds. The minimum absolute atomic E-state index is 0.0880. The second-order valence-electron chi connectivity index (χ2n) is 4.22. The van der Waals surface area contributed by atoms with Crippen molar-refractivity contribution in [2.24, 2.45) is 0 Å². The summed E-state index contributed by atoms with van der Waals surface area (Å²) in [4.78, 5) is 15.7. The molecule has 0 spiro atoms. The maximum Gasteiger partial charge on any atom is 0.273 e. The predicted octanol–water partition coefficient (Wildman–Crippen LogP) is 0.756. The van der Waals surface area contributed by atoms with Crippen molar-refractivity contribution >= 4 is 50.4 Å². The Bertz CT molecular complexity index is 890. The number of fused-ring (bicyclic) bond motifs is 1. The molecule has 2 aromatic rings. The third kappa shape index (κ3) is 2.54. The lowest BCUT2D eigenvalue weighted by Crippen LogP contribution is -2.37. The Balaban J connectivity index is 2.02. The third-order valence-corrected chi connectivity index (χ3v) is 5.53. The summed E-state index contributed by atoms with van der Waals surface area (Å²) in [6, 6.07) is 5.97. The Morgan fingerprint density at radius 3 is 2.86 bits per heavy atom. The van der Waals surface area contributed by atoms with Gasteiger partial charge in [0.05, 0.1) is 4.34 Å². The number of hydrogen-bond donors (Lipinski definition) is 2. The summed E-state index contributed by atoms with van der Waals surface area (Å²) in [5.74, 6) is -1.42. The van der Waals surface area contributed by atoms with Gasteiger partial charge in [0.1, 0.15) is 16.4 Å². The van der Waals surface area contributed by atoms with Crippen molar-refractivity contribution in [3.05, 3.63) is 45.4 Å². The van der Waals surface area contributed by atoms with Crippen molar-refractivity contribution in [2.75, 3.05) is 5.32 Å². The maximum atomic E-state index is 12.3. The number of amides is 1. The first-order valence-electron chi connectivity index (χ1n) is 5.84. The molecule has 0 saturated carbocycles. The van der Waals surface area contributed by atoms with E-state index in [0.29, 0.717) is 0 Å². The van der Waals surface area contributed by atoms with Gasteiger partial charge in [-0.1, -0.05) is 23.4 Å². The van der Waals surface area contributed by atoms with Crippen molar-refractivity contribution in [1.29, 1.82) is 0 Å². The molecule has 10 heteroatoms. The minimum atomic E-state index is -4.00. The molecule has 0 bridgehead atoms. The average molecular weight is 357 g/mol. The van der Waals surface area contributed by atoms with E-state index in [9.17, 15) is 18.3 Å². The van der Waals surface area contributed by atoms with Crippen LogP contribution in [0, 0.1) is 0 Å². The van der Waals surface area contributed by atoms with Gasteiger partial charge < -0.3 is 10.4 Å². The zero-order valence-corrected chi connectivity index (χ0v) is 13.1. The first kappa shape index (κ1) is 14.8. The van der Waals surface area contributed by atoms with Gasteiger partial charge in [-0.25, -0.2) is 13.4 Å². The smallest absolute Gasteiger partial charge is 0.273 e. The van der Waals surface area contributed by atoms with Gasteiger partial charge in [-0.05, 0) is 18.2 Å². The molecule has 0 unspecified atom stereocenters. The molecule has 1 aliphatic rings. The average Bonchev–Trinajstić information content (AvgIpc) is 2.87. The van der Waals surface area contributed by atoms with Crippen LogP contribution in [-0.2, 0) is 14.8 Å². The molecule has 114 valence electrons. The van der Waals surface area contributed by atoms with E-state index in [2.05, 4.69) is 10.3 Å². The number of carbonyl (C=O) groups excluding carboxylic acids is 1. The molecular weight excluding hydrogens is 350 g/mol. The van der Waals surface area contributed by atoms with Gasteiger partial charge in [0.15, 0.2) is 0 Å². The van der Waals surface area contributed by atoms with E-state index in [4.69, 9.17) is 11.6 Å². The molecular formula is C12H7ClN3O4S2-. The van der Waals surface area contributed by atoms with Crippen molar-refractivity contribution < 1.29 is 18.3 Å². The van der Waals surface area contributed by atoms with Gasteiger partial charge >= 0.3 is 0 Å². The molecule has 0 aliphatic carbocycles. The van der Waals surface area contributed by atoms with Gasteiger partial charge in [-0.15, -0.1) is 11.3 Å². The van der Waals surface area contributed by atoms with E-state index in [1.54, 1.807) is 12.1 Å². The van der Waals surface area contributed by atoms with Gasteiger partial charge in [-0.3, -0.25) is 9.52 Å². The lowest BCUT2D eigenvalue weighted by atomic mass is 10.3. The highest BCUT2D eigenvalue weighted by Crippen LogP contribution is 2.37. The molecule has 3 rings (SSSR count). The van der Waals surface area contributed by atoms with E-state index in [1.165, 1.54) is 18.3 Å². The van der Waals surface area contributed by atoms with Crippen LogP contribution in [0.3, 0.4) is 0 Å². The predicted molar refractivity (Wildman–Crippen MR) is 79.4 cm³/mol. The van der Waals surface area contributed by atoms with E-state index >= 15 is 0 Å². The Hall–Kier alpha value is -2.10. The number of carbonyl (C=O) groups is 1. The number of thiophene rings is 1. The highest BCUT2D eigenvalue weighted by molar-refractivity contribution is 7.90. The summed E-state index contributed by atoms with van der Waals surface area (Å²) in [7, 11) is -4.00. The molecule has 2 N–H and O–H groups in total. The number of sulfonamides is 1. The van der Waals surface area contributed by atoms with Crippen LogP contribution in [0.15, 0.2) is 41.1 Å². The lowest BCUT2D eigenvalue weighted by Gasteiger charge is -2.24. The van der Waals surface area contributed by atoms with Crippen molar-refractivity contribution in [1.82, 2.24) is 9.71 Å². The third-order valence-electron chi connectivity index (χ3n) is 2.76. The van der Waals surface area contributed by atoms with Crippen LogP contribution in [-0.4, -0.2) is 19.3 Å². The summed E-state index contributed by atoms with van der Waals surface area (Å²) in [6.07, 6.45) is 1.45. The molecule has 1 aliphatic heterocycles. The standard InChI is InChI=1S/C12H8ClN3O4S2/c13-7-5-6-11(21-7)10(17)9(16-22(6,19)20)12(18)15-8-3-1-2-4-14-8/h1-5,16-17H,(H,14,15,18)/p-1. The molecule has 0 fully saturated rings. The van der Waals surface area contributed by atoms with E-state index in [-0.39, 0.29) is 19.9 Å². The fourth-order valence-corrected chi connectivity index (χ4v) is 4.65. The molecule has 2 aromatic heterocycles. The number of halogens is 1. The highest BCUT2D eigenvalue weighted by Gasteiger charge is 2.31. The number of nitrogens with zero attached hydrogens (tertiary/aromatic N) is 1. The number of hydrogen-bond acceptors (Lipinski definition) is 6. The topological polar surface area (TPSA) is 111 Å². The molecule has 22 heavy (non-hydrogen) atoms. The summed E-state index contributed by atoms with van der Waals surface area (Å²) < 4.78 is 26.3. The van der Waals surface area contributed by atoms with Crippen molar-refractivity contribution in [2.45, 2.75) is 4.90 Å². The Labute approximate surface area is 134 Å².